The number of pyridine rings is 1. The molecule has 2 aromatic rings. The smallest absolute Gasteiger partial charge is 0.320 e. The molecule has 0 spiro atoms. The van der Waals surface area contributed by atoms with Gasteiger partial charge in [-0.3, -0.25) is 5.32 Å². The molecule has 25 heavy (non-hydrogen) atoms. The molecule has 2 atom stereocenters. The maximum absolute atomic E-state index is 12.3. The van der Waals surface area contributed by atoms with Gasteiger partial charge < -0.3 is 10.4 Å². The summed E-state index contributed by atoms with van der Waals surface area (Å²) < 4.78 is 1.76. The Hall–Kier alpha value is -2.48. The summed E-state index contributed by atoms with van der Waals surface area (Å²) >= 11 is 0. The molecule has 0 radical (unpaired) electrons. The molecule has 3 N–H and O–H groups in total. The predicted molar refractivity (Wildman–Crippen MR) is 93.0 cm³/mol. The van der Waals surface area contributed by atoms with Crippen molar-refractivity contribution in [2.24, 2.45) is 0 Å². The van der Waals surface area contributed by atoms with Crippen LogP contribution in [0.25, 0.3) is 0 Å². The van der Waals surface area contributed by atoms with Crippen molar-refractivity contribution >= 4 is 11.8 Å². The van der Waals surface area contributed by atoms with Crippen molar-refractivity contribution in [3.8, 4) is 0 Å². The van der Waals surface area contributed by atoms with E-state index in [9.17, 15) is 9.90 Å². The number of aromatic nitrogens is 4. The Bertz CT molecular complexity index is 709. The van der Waals surface area contributed by atoms with E-state index in [2.05, 4.69) is 25.9 Å². The lowest BCUT2D eigenvalue weighted by atomic mass is 9.90. The minimum Gasteiger partial charge on any atom is -0.384 e. The fourth-order valence-electron chi connectivity index (χ4n) is 3.07. The molecule has 8 heteroatoms. The van der Waals surface area contributed by atoms with Crippen LogP contribution in [0.4, 0.5) is 10.6 Å². The summed E-state index contributed by atoms with van der Waals surface area (Å²) in [5.41, 5.74) is -0.513. The van der Waals surface area contributed by atoms with Crippen LogP contribution in [-0.2, 0) is 5.60 Å². The molecule has 1 aliphatic carbocycles. The zero-order chi connectivity index (χ0) is 17.9. The molecular weight excluding hydrogens is 320 g/mol. The Morgan fingerprint density at radius 1 is 1.32 bits per heavy atom. The van der Waals surface area contributed by atoms with Crippen LogP contribution in [0.5, 0.6) is 0 Å². The van der Waals surface area contributed by atoms with Crippen molar-refractivity contribution in [2.75, 3.05) is 5.32 Å². The first-order valence-corrected chi connectivity index (χ1v) is 8.57. The summed E-state index contributed by atoms with van der Waals surface area (Å²) in [6.45, 7) is 3.36. The number of urea groups is 1. The number of aliphatic hydroxyl groups is 1. The summed E-state index contributed by atoms with van der Waals surface area (Å²) in [6.07, 6.45) is 7.30. The second-order valence-corrected chi connectivity index (χ2v) is 6.91. The SMILES string of the molecule is CC(C)(O)c1cn([C@@H]2CCCC[C@@H]2NC(=O)Nc2ccccn2)nn1. The molecular formula is C17H24N6O2. The normalized spacial score (nSPS) is 20.9. The van der Waals surface area contributed by atoms with Crippen molar-refractivity contribution in [1.29, 1.82) is 0 Å². The Kier molecular flexibility index (Phi) is 4.98. The minimum atomic E-state index is -1.04. The quantitative estimate of drug-likeness (QED) is 0.788. The molecule has 0 aliphatic heterocycles. The van der Waals surface area contributed by atoms with E-state index in [1.807, 2.05) is 6.07 Å². The third-order valence-corrected chi connectivity index (χ3v) is 4.43. The summed E-state index contributed by atoms with van der Waals surface area (Å²) in [6, 6.07) is 5.05. The molecule has 0 aromatic carbocycles. The number of nitrogens with zero attached hydrogens (tertiary/aromatic N) is 4. The Balaban J connectivity index is 1.68. The van der Waals surface area contributed by atoms with E-state index in [0.29, 0.717) is 11.5 Å². The first kappa shape index (κ1) is 17.3. The van der Waals surface area contributed by atoms with Crippen LogP contribution >= 0.6 is 0 Å². The van der Waals surface area contributed by atoms with Gasteiger partial charge in [-0.15, -0.1) is 5.10 Å². The number of hydrogen-bond acceptors (Lipinski definition) is 5. The Labute approximate surface area is 146 Å². The number of hydrogen-bond donors (Lipinski definition) is 3. The molecule has 3 rings (SSSR count). The third kappa shape index (κ3) is 4.33. The number of anilines is 1. The van der Waals surface area contributed by atoms with Crippen molar-refractivity contribution in [2.45, 2.75) is 57.2 Å². The molecule has 8 nitrogen and oxygen atoms in total. The van der Waals surface area contributed by atoms with Gasteiger partial charge in [-0.2, -0.15) is 0 Å². The van der Waals surface area contributed by atoms with Gasteiger partial charge in [0, 0.05) is 6.20 Å². The van der Waals surface area contributed by atoms with Gasteiger partial charge in [0.05, 0.1) is 18.3 Å². The van der Waals surface area contributed by atoms with Crippen LogP contribution in [0.1, 0.15) is 51.3 Å². The first-order valence-electron chi connectivity index (χ1n) is 8.57. The average molecular weight is 344 g/mol. The monoisotopic (exact) mass is 344 g/mol. The maximum atomic E-state index is 12.3. The van der Waals surface area contributed by atoms with E-state index in [-0.39, 0.29) is 18.1 Å². The van der Waals surface area contributed by atoms with Gasteiger partial charge in [-0.1, -0.05) is 24.1 Å². The number of nitrogens with one attached hydrogen (secondary N) is 2. The van der Waals surface area contributed by atoms with E-state index in [0.717, 1.165) is 25.7 Å². The lowest BCUT2D eigenvalue weighted by molar-refractivity contribution is 0.0736. The molecule has 0 bridgehead atoms. The zero-order valence-corrected chi connectivity index (χ0v) is 14.5. The number of carbonyl (C=O) groups is 1. The van der Waals surface area contributed by atoms with E-state index >= 15 is 0 Å². The van der Waals surface area contributed by atoms with E-state index < -0.39 is 5.60 Å². The highest BCUT2D eigenvalue weighted by molar-refractivity contribution is 5.88. The summed E-state index contributed by atoms with van der Waals surface area (Å²) in [4.78, 5) is 16.4. The predicted octanol–water partition coefficient (Wildman–Crippen LogP) is 2.21. The van der Waals surface area contributed by atoms with Crippen molar-refractivity contribution in [3.63, 3.8) is 0 Å². The largest absolute Gasteiger partial charge is 0.384 e. The highest BCUT2D eigenvalue weighted by Crippen LogP contribution is 2.29. The van der Waals surface area contributed by atoms with Crippen LogP contribution in [-0.4, -0.2) is 37.2 Å². The number of carbonyl (C=O) groups excluding carboxylic acids is 1. The van der Waals surface area contributed by atoms with Gasteiger partial charge >= 0.3 is 6.03 Å². The van der Waals surface area contributed by atoms with Crippen molar-refractivity contribution < 1.29 is 9.90 Å². The second-order valence-electron chi connectivity index (χ2n) is 6.91. The highest BCUT2D eigenvalue weighted by atomic mass is 16.3. The Morgan fingerprint density at radius 2 is 2.12 bits per heavy atom. The lowest BCUT2D eigenvalue weighted by Gasteiger charge is -2.32. The van der Waals surface area contributed by atoms with E-state index in [4.69, 9.17) is 0 Å². The lowest BCUT2D eigenvalue weighted by Crippen LogP contribution is -2.45. The fraction of sp³-hybridized carbons (Fsp3) is 0.529. The van der Waals surface area contributed by atoms with Crippen molar-refractivity contribution in [1.82, 2.24) is 25.3 Å². The van der Waals surface area contributed by atoms with Gasteiger partial charge in [-0.05, 0) is 38.8 Å². The minimum absolute atomic E-state index is 0.0202. The zero-order valence-electron chi connectivity index (χ0n) is 14.5. The molecule has 2 amide bonds. The fourth-order valence-corrected chi connectivity index (χ4v) is 3.07. The maximum Gasteiger partial charge on any atom is 0.320 e. The van der Waals surface area contributed by atoms with Gasteiger partial charge in [0.1, 0.15) is 17.1 Å². The topological polar surface area (TPSA) is 105 Å². The van der Waals surface area contributed by atoms with Crippen LogP contribution in [0.2, 0.25) is 0 Å². The van der Waals surface area contributed by atoms with Crippen LogP contribution in [0, 0.1) is 0 Å². The van der Waals surface area contributed by atoms with E-state index in [1.54, 1.807) is 43.1 Å². The molecule has 0 saturated heterocycles. The molecule has 0 unspecified atom stereocenters. The molecule has 1 aliphatic rings. The highest BCUT2D eigenvalue weighted by Gasteiger charge is 2.30. The summed E-state index contributed by atoms with van der Waals surface area (Å²) in [5.74, 6) is 0.512. The molecule has 2 aromatic heterocycles. The van der Waals surface area contributed by atoms with Gasteiger partial charge in [-0.25, -0.2) is 14.5 Å². The van der Waals surface area contributed by atoms with Crippen molar-refractivity contribution in [3.05, 3.63) is 36.3 Å². The van der Waals surface area contributed by atoms with Gasteiger partial charge in [0.2, 0.25) is 0 Å². The third-order valence-electron chi connectivity index (χ3n) is 4.43. The summed E-state index contributed by atoms with van der Waals surface area (Å²) in [7, 11) is 0. The van der Waals surface area contributed by atoms with Crippen LogP contribution < -0.4 is 10.6 Å². The molecule has 1 saturated carbocycles. The van der Waals surface area contributed by atoms with E-state index in [1.165, 1.54) is 0 Å². The van der Waals surface area contributed by atoms with Crippen LogP contribution in [0.15, 0.2) is 30.6 Å². The first-order chi connectivity index (χ1) is 11.9. The second kappa shape index (κ2) is 7.18. The van der Waals surface area contributed by atoms with Gasteiger partial charge in [0.15, 0.2) is 0 Å². The standard InChI is InChI=1S/C17H24N6O2/c1-17(2,25)14-11-23(22-21-14)13-8-4-3-7-12(13)19-16(24)20-15-9-5-6-10-18-15/h5-6,9-13,25H,3-4,7-8H2,1-2H3,(H2,18,19,20,24)/t12-,13+/m0/s1. The Morgan fingerprint density at radius 3 is 2.80 bits per heavy atom. The molecule has 2 heterocycles. The summed E-state index contributed by atoms with van der Waals surface area (Å²) in [5, 5.41) is 24.1. The number of rotatable bonds is 4. The van der Waals surface area contributed by atoms with Crippen LogP contribution in [0.3, 0.4) is 0 Å². The average Bonchev–Trinajstić information content (AvgIpc) is 3.06. The van der Waals surface area contributed by atoms with Gasteiger partial charge in [0.25, 0.3) is 0 Å². The number of amides is 2. The molecule has 134 valence electrons. The molecule has 1 fully saturated rings.